The summed E-state index contributed by atoms with van der Waals surface area (Å²) in [5.41, 5.74) is 4.11. The third kappa shape index (κ3) is 3.91. The summed E-state index contributed by atoms with van der Waals surface area (Å²) in [6.45, 7) is 0. The summed E-state index contributed by atoms with van der Waals surface area (Å²) in [7, 11) is 0. The molecule has 0 aliphatic carbocycles. The van der Waals surface area contributed by atoms with Crippen molar-refractivity contribution in [1.82, 2.24) is 19.5 Å². The first-order valence-corrected chi connectivity index (χ1v) is 15.8. The molecular weight excluding hydrogens is 565 g/mol. The van der Waals surface area contributed by atoms with Crippen molar-refractivity contribution in [3.8, 4) is 28.7 Å². The van der Waals surface area contributed by atoms with E-state index in [0.29, 0.717) is 17.6 Å². The number of aromatic nitrogens is 4. The van der Waals surface area contributed by atoms with Gasteiger partial charge in [-0.2, -0.15) is 9.97 Å². The molecule has 202 valence electrons. The maximum Gasteiger partial charge on any atom is 0.238 e. The van der Waals surface area contributed by atoms with Gasteiger partial charge in [0.1, 0.15) is 0 Å². The maximum atomic E-state index is 5.17. The van der Waals surface area contributed by atoms with Crippen LogP contribution in [0.4, 0.5) is 0 Å². The van der Waals surface area contributed by atoms with Crippen molar-refractivity contribution >= 4 is 56.1 Å². The van der Waals surface area contributed by atoms with E-state index in [1.807, 2.05) is 59.9 Å². The third-order valence-electron chi connectivity index (χ3n) is 7.90. The molecule has 3 heterocycles. The summed E-state index contributed by atoms with van der Waals surface area (Å²) < 4.78 is 2.26. The largest absolute Gasteiger partial charge is 0.277 e. The molecule has 0 radical (unpaired) electrons. The van der Waals surface area contributed by atoms with Crippen molar-refractivity contribution in [3.05, 3.63) is 133 Å². The van der Waals surface area contributed by atoms with E-state index in [-0.39, 0.29) is 0 Å². The summed E-state index contributed by atoms with van der Waals surface area (Å²) in [6.07, 6.45) is 0. The van der Waals surface area contributed by atoms with Gasteiger partial charge in [-0.1, -0.05) is 139 Å². The number of benzene rings is 6. The van der Waals surface area contributed by atoms with Crippen molar-refractivity contribution in [2.45, 2.75) is 19.6 Å². The van der Waals surface area contributed by atoms with E-state index >= 15 is 0 Å². The zero-order valence-corrected chi connectivity index (χ0v) is 24.4. The second-order valence-electron chi connectivity index (χ2n) is 10.4. The lowest BCUT2D eigenvalue weighted by Crippen LogP contribution is -2.07. The maximum absolute atomic E-state index is 5.17. The Labute approximate surface area is 256 Å². The lowest BCUT2D eigenvalue weighted by atomic mass is 10.0. The molecule has 0 atom stereocenters. The monoisotopic (exact) mass is 586 g/mol. The molecule has 43 heavy (non-hydrogen) atoms. The van der Waals surface area contributed by atoms with Gasteiger partial charge in [0.2, 0.25) is 5.95 Å². The Kier molecular flexibility index (Phi) is 5.64. The Balaban J connectivity index is 1.44. The van der Waals surface area contributed by atoms with Crippen LogP contribution < -0.4 is 0 Å². The number of fused-ring (bicyclic) bond motifs is 9. The fourth-order valence-electron chi connectivity index (χ4n) is 6.00. The highest BCUT2D eigenvalue weighted by molar-refractivity contribution is 8.05. The summed E-state index contributed by atoms with van der Waals surface area (Å²) >= 11 is 3.69. The molecule has 1 aliphatic heterocycles. The van der Waals surface area contributed by atoms with Crippen LogP contribution in [-0.2, 0) is 0 Å². The minimum atomic E-state index is 0.612. The van der Waals surface area contributed by atoms with Gasteiger partial charge in [0.15, 0.2) is 11.6 Å². The first-order valence-electron chi connectivity index (χ1n) is 14.1. The molecule has 4 nitrogen and oxygen atoms in total. The normalized spacial score (nSPS) is 12.5. The molecule has 9 rings (SSSR count). The van der Waals surface area contributed by atoms with E-state index in [1.54, 1.807) is 0 Å². The van der Waals surface area contributed by atoms with Gasteiger partial charge in [-0.05, 0) is 29.0 Å². The van der Waals surface area contributed by atoms with Crippen molar-refractivity contribution in [2.24, 2.45) is 0 Å². The first kappa shape index (κ1) is 24.7. The van der Waals surface area contributed by atoms with Crippen LogP contribution in [0.5, 0.6) is 0 Å². The van der Waals surface area contributed by atoms with Gasteiger partial charge in [-0.3, -0.25) is 4.57 Å². The summed E-state index contributed by atoms with van der Waals surface area (Å²) in [6, 6.07) is 46.4. The molecule has 0 fully saturated rings. The Hall–Kier alpha value is -4.91. The molecule has 0 saturated carbocycles. The topological polar surface area (TPSA) is 43.6 Å². The summed E-state index contributed by atoms with van der Waals surface area (Å²) in [4.78, 5) is 20.4. The van der Waals surface area contributed by atoms with Crippen LogP contribution in [0.3, 0.4) is 0 Å². The predicted octanol–water partition coefficient (Wildman–Crippen LogP) is 10.1. The van der Waals surface area contributed by atoms with Crippen LogP contribution in [0.25, 0.3) is 61.3 Å². The van der Waals surface area contributed by atoms with E-state index in [4.69, 9.17) is 15.0 Å². The Bertz CT molecular complexity index is 2290. The molecule has 6 heteroatoms. The van der Waals surface area contributed by atoms with Crippen LogP contribution in [0.2, 0.25) is 0 Å². The highest BCUT2D eigenvalue weighted by Gasteiger charge is 2.28. The number of hydrogen-bond acceptors (Lipinski definition) is 5. The van der Waals surface area contributed by atoms with Crippen molar-refractivity contribution < 1.29 is 0 Å². The third-order valence-corrected chi connectivity index (χ3v) is 10.5. The van der Waals surface area contributed by atoms with Gasteiger partial charge in [0.25, 0.3) is 0 Å². The van der Waals surface area contributed by atoms with Gasteiger partial charge in [0.05, 0.1) is 15.9 Å². The minimum absolute atomic E-state index is 0.612. The standard InChI is InChI=1S/C37H22N4S2/c1-3-13-23(14-4-1)35-38-36(24-15-5-2-6-16-24)40-37(39-35)41-28-20-10-9-19-27(28)31-25-17-7-8-18-26(25)33-34(32(31)41)43-30-22-12-11-21-29(30)42-33/h1-22H. The molecule has 0 spiro atoms. The number of hydrogen-bond donors (Lipinski definition) is 0. The molecule has 6 aromatic carbocycles. The highest BCUT2D eigenvalue weighted by atomic mass is 32.2. The van der Waals surface area contributed by atoms with Gasteiger partial charge in [-0.15, -0.1) is 0 Å². The van der Waals surface area contributed by atoms with Crippen LogP contribution in [0.1, 0.15) is 0 Å². The van der Waals surface area contributed by atoms with E-state index in [1.165, 1.54) is 41.1 Å². The molecule has 1 aliphatic rings. The van der Waals surface area contributed by atoms with E-state index in [9.17, 15) is 0 Å². The quantitative estimate of drug-likeness (QED) is 0.206. The molecule has 0 bridgehead atoms. The van der Waals surface area contributed by atoms with E-state index in [0.717, 1.165) is 22.2 Å². The molecule has 8 aromatic rings. The molecule has 0 saturated heterocycles. The van der Waals surface area contributed by atoms with E-state index < -0.39 is 0 Å². The second kappa shape index (κ2) is 9.83. The predicted molar refractivity (Wildman–Crippen MR) is 177 cm³/mol. The average Bonchev–Trinajstić information content (AvgIpc) is 3.44. The average molecular weight is 587 g/mol. The zero-order chi connectivity index (χ0) is 28.3. The number of para-hydroxylation sites is 1. The van der Waals surface area contributed by atoms with Crippen LogP contribution in [0, 0.1) is 0 Å². The molecule has 0 amide bonds. The van der Waals surface area contributed by atoms with Gasteiger partial charge in [-0.25, -0.2) is 4.98 Å². The second-order valence-corrected chi connectivity index (χ2v) is 12.5. The highest BCUT2D eigenvalue weighted by Crippen LogP contribution is 2.55. The fourth-order valence-corrected chi connectivity index (χ4v) is 8.54. The lowest BCUT2D eigenvalue weighted by molar-refractivity contribution is 0.945. The van der Waals surface area contributed by atoms with E-state index in [2.05, 4.69) is 102 Å². The first-order chi connectivity index (χ1) is 21.3. The van der Waals surface area contributed by atoms with Crippen LogP contribution in [-0.4, -0.2) is 19.5 Å². The summed E-state index contributed by atoms with van der Waals surface area (Å²) in [5.74, 6) is 1.91. The molecule has 0 unspecified atom stereocenters. The van der Waals surface area contributed by atoms with Gasteiger partial charge >= 0.3 is 0 Å². The van der Waals surface area contributed by atoms with Crippen LogP contribution >= 0.6 is 23.5 Å². The van der Waals surface area contributed by atoms with Crippen molar-refractivity contribution in [1.29, 1.82) is 0 Å². The number of nitrogens with zero attached hydrogens (tertiary/aromatic N) is 4. The minimum Gasteiger partial charge on any atom is -0.277 e. The Morgan fingerprint density at radius 1 is 0.442 bits per heavy atom. The molecule has 0 N–H and O–H groups in total. The lowest BCUT2D eigenvalue weighted by Gasteiger charge is -2.22. The smallest absolute Gasteiger partial charge is 0.238 e. The van der Waals surface area contributed by atoms with Gasteiger partial charge in [0, 0.05) is 36.6 Å². The van der Waals surface area contributed by atoms with Crippen molar-refractivity contribution in [2.75, 3.05) is 0 Å². The summed E-state index contributed by atoms with van der Waals surface area (Å²) in [5, 5.41) is 4.91. The fraction of sp³-hybridized carbons (Fsp3) is 0. The van der Waals surface area contributed by atoms with Crippen molar-refractivity contribution in [3.63, 3.8) is 0 Å². The Morgan fingerprint density at radius 3 is 1.60 bits per heavy atom. The van der Waals surface area contributed by atoms with Crippen LogP contribution in [0.15, 0.2) is 153 Å². The zero-order valence-electron chi connectivity index (χ0n) is 22.8. The number of rotatable bonds is 3. The molecular formula is C37H22N4S2. The van der Waals surface area contributed by atoms with Gasteiger partial charge < -0.3 is 0 Å². The SMILES string of the molecule is c1ccc(-c2nc(-c3ccccc3)nc(-n3c4ccccc4c4c5ccccc5c5c(c43)Sc3ccccc3S5)n2)cc1. The Morgan fingerprint density at radius 2 is 0.953 bits per heavy atom. The molecule has 2 aromatic heterocycles.